The zero-order chi connectivity index (χ0) is 16.9. The molecule has 6 nitrogen and oxygen atoms in total. The first-order valence-corrected chi connectivity index (χ1v) is 8.38. The Morgan fingerprint density at radius 1 is 1.17 bits per heavy atom. The van der Waals surface area contributed by atoms with Crippen LogP contribution in [-0.2, 0) is 10.5 Å². The molecule has 0 saturated heterocycles. The van der Waals surface area contributed by atoms with E-state index in [1.807, 2.05) is 24.3 Å². The van der Waals surface area contributed by atoms with E-state index < -0.39 is 0 Å². The van der Waals surface area contributed by atoms with Crippen LogP contribution in [0.15, 0.2) is 53.7 Å². The lowest BCUT2D eigenvalue weighted by Gasteiger charge is -2.05. The number of esters is 1. The molecule has 24 heavy (non-hydrogen) atoms. The van der Waals surface area contributed by atoms with Gasteiger partial charge in [0.2, 0.25) is 5.16 Å². The summed E-state index contributed by atoms with van der Waals surface area (Å²) in [7, 11) is 1.35. The number of carbonyl (C=O) groups excluding carboxylic acids is 1. The fraction of sp³-hybridized carbons (Fsp3) is 0.125. The number of nitrogens with zero attached hydrogens (tertiary/aromatic N) is 4. The van der Waals surface area contributed by atoms with Gasteiger partial charge < -0.3 is 4.74 Å². The van der Waals surface area contributed by atoms with E-state index in [1.165, 1.54) is 18.9 Å². The molecule has 0 aliphatic carbocycles. The van der Waals surface area contributed by atoms with Crippen molar-refractivity contribution in [2.45, 2.75) is 10.9 Å². The Kier molecular flexibility index (Phi) is 5.12. The average Bonchev–Trinajstić information content (AvgIpc) is 3.09. The molecular formula is C16H13ClN4O2S. The summed E-state index contributed by atoms with van der Waals surface area (Å²) in [6.45, 7) is 0. The van der Waals surface area contributed by atoms with Crippen molar-refractivity contribution < 1.29 is 9.53 Å². The largest absolute Gasteiger partial charge is 0.465 e. The number of methoxy groups -OCH3 is 1. The van der Waals surface area contributed by atoms with Crippen LogP contribution in [0.1, 0.15) is 15.9 Å². The summed E-state index contributed by atoms with van der Waals surface area (Å²) in [5.74, 6) is 0.341. The highest BCUT2D eigenvalue weighted by atomic mass is 35.5. The quantitative estimate of drug-likeness (QED) is 0.513. The molecule has 0 radical (unpaired) electrons. The smallest absolute Gasteiger partial charge is 0.337 e. The Hall–Kier alpha value is -2.38. The number of hydrogen-bond donors (Lipinski definition) is 0. The Morgan fingerprint density at radius 3 is 2.54 bits per heavy atom. The molecule has 0 N–H and O–H groups in total. The first-order valence-electron chi connectivity index (χ1n) is 7.02. The Balaban J connectivity index is 1.75. The second kappa shape index (κ2) is 7.46. The molecule has 1 heterocycles. The molecule has 0 amide bonds. The van der Waals surface area contributed by atoms with Crippen LogP contribution in [0.5, 0.6) is 0 Å². The summed E-state index contributed by atoms with van der Waals surface area (Å²) in [5.41, 5.74) is 2.37. The van der Waals surface area contributed by atoms with Gasteiger partial charge in [-0.15, -0.1) is 5.10 Å². The molecule has 0 spiro atoms. The van der Waals surface area contributed by atoms with E-state index in [4.69, 9.17) is 11.6 Å². The van der Waals surface area contributed by atoms with E-state index in [2.05, 4.69) is 20.3 Å². The number of ether oxygens (including phenoxy) is 1. The van der Waals surface area contributed by atoms with E-state index in [0.29, 0.717) is 15.7 Å². The maximum Gasteiger partial charge on any atom is 0.337 e. The van der Waals surface area contributed by atoms with Crippen LogP contribution in [0.4, 0.5) is 0 Å². The third-order valence-electron chi connectivity index (χ3n) is 3.26. The second-order valence-corrected chi connectivity index (χ2v) is 6.21. The SMILES string of the molecule is COC(=O)c1ccc(-n2nnnc2SCc2ccc(Cl)cc2)cc1. The minimum absolute atomic E-state index is 0.379. The highest BCUT2D eigenvalue weighted by molar-refractivity contribution is 7.98. The van der Waals surface area contributed by atoms with Gasteiger partial charge in [-0.2, -0.15) is 4.68 Å². The highest BCUT2D eigenvalue weighted by Crippen LogP contribution is 2.23. The monoisotopic (exact) mass is 360 g/mol. The van der Waals surface area contributed by atoms with E-state index >= 15 is 0 Å². The lowest BCUT2D eigenvalue weighted by Crippen LogP contribution is -2.03. The maximum atomic E-state index is 11.5. The summed E-state index contributed by atoms with van der Waals surface area (Å²) >= 11 is 7.40. The standard InChI is InChI=1S/C16H13ClN4O2S/c1-23-15(22)12-4-8-14(9-5-12)21-16(18-19-20-21)24-10-11-2-6-13(17)7-3-11/h2-9H,10H2,1H3. The summed E-state index contributed by atoms with van der Waals surface area (Å²) < 4.78 is 6.31. The minimum atomic E-state index is -0.379. The van der Waals surface area contributed by atoms with Crippen molar-refractivity contribution in [2.75, 3.05) is 7.11 Å². The molecule has 8 heteroatoms. The molecule has 0 atom stereocenters. The van der Waals surface area contributed by atoms with Gasteiger partial charge in [-0.05, 0) is 52.4 Å². The van der Waals surface area contributed by atoms with Gasteiger partial charge in [0.15, 0.2) is 0 Å². The average molecular weight is 361 g/mol. The molecule has 3 aromatic rings. The van der Waals surface area contributed by atoms with Gasteiger partial charge in [-0.3, -0.25) is 0 Å². The number of aromatic nitrogens is 4. The number of thioether (sulfide) groups is 1. The van der Waals surface area contributed by atoms with Crippen LogP contribution in [0, 0.1) is 0 Å². The number of hydrogen-bond acceptors (Lipinski definition) is 6. The molecule has 0 bridgehead atoms. The van der Waals surface area contributed by atoms with E-state index in [1.54, 1.807) is 28.9 Å². The van der Waals surface area contributed by atoms with Crippen LogP contribution in [-0.4, -0.2) is 33.3 Å². The molecule has 0 aliphatic heterocycles. The first-order chi connectivity index (χ1) is 11.7. The number of benzene rings is 2. The first kappa shape index (κ1) is 16.5. The van der Waals surface area contributed by atoms with Crippen LogP contribution < -0.4 is 0 Å². The second-order valence-electron chi connectivity index (χ2n) is 4.83. The molecule has 1 aromatic heterocycles. The summed E-state index contributed by atoms with van der Waals surface area (Å²) in [6.07, 6.45) is 0. The minimum Gasteiger partial charge on any atom is -0.465 e. The Labute approximate surface area is 147 Å². The summed E-state index contributed by atoms with van der Waals surface area (Å²) in [4.78, 5) is 11.5. The van der Waals surface area contributed by atoms with E-state index in [-0.39, 0.29) is 5.97 Å². The summed E-state index contributed by atoms with van der Waals surface area (Å²) in [6, 6.07) is 14.5. The molecule has 0 aliphatic rings. The van der Waals surface area contributed by atoms with Crippen molar-refractivity contribution in [3.63, 3.8) is 0 Å². The fourth-order valence-electron chi connectivity index (χ4n) is 2.02. The maximum absolute atomic E-state index is 11.5. The number of tetrazole rings is 1. The number of carbonyl (C=O) groups is 1. The van der Waals surface area contributed by atoms with Gasteiger partial charge in [0.25, 0.3) is 0 Å². The van der Waals surface area contributed by atoms with Crippen molar-refractivity contribution in [3.05, 3.63) is 64.7 Å². The van der Waals surface area contributed by atoms with Crippen molar-refractivity contribution in [2.24, 2.45) is 0 Å². The van der Waals surface area contributed by atoms with Crippen molar-refractivity contribution in [3.8, 4) is 5.69 Å². The molecule has 122 valence electrons. The Bertz CT molecular complexity index is 834. The zero-order valence-electron chi connectivity index (χ0n) is 12.7. The highest BCUT2D eigenvalue weighted by Gasteiger charge is 2.11. The third kappa shape index (κ3) is 3.74. The zero-order valence-corrected chi connectivity index (χ0v) is 14.3. The van der Waals surface area contributed by atoms with Gasteiger partial charge in [0.05, 0.1) is 18.4 Å². The fourth-order valence-corrected chi connectivity index (χ4v) is 2.99. The molecule has 3 rings (SSSR count). The van der Waals surface area contributed by atoms with Crippen LogP contribution >= 0.6 is 23.4 Å². The lowest BCUT2D eigenvalue weighted by molar-refractivity contribution is 0.0600. The number of halogens is 1. The van der Waals surface area contributed by atoms with E-state index in [0.717, 1.165) is 17.0 Å². The third-order valence-corrected chi connectivity index (χ3v) is 4.50. The molecule has 2 aromatic carbocycles. The predicted molar refractivity (Wildman–Crippen MR) is 91.5 cm³/mol. The molecule has 0 unspecified atom stereocenters. The van der Waals surface area contributed by atoms with Gasteiger partial charge in [0, 0.05) is 10.8 Å². The van der Waals surface area contributed by atoms with Crippen LogP contribution in [0.25, 0.3) is 5.69 Å². The van der Waals surface area contributed by atoms with Gasteiger partial charge in [-0.25, -0.2) is 4.79 Å². The Morgan fingerprint density at radius 2 is 1.88 bits per heavy atom. The summed E-state index contributed by atoms with van der Waals surface area (Å²) in [5, 5.41) is 13.1. The molecule has 0 fully saturated rings. The van der Waals surface area contributed by atoms with Crippen molar-refractivity contribution >= 4 is 29.3 Å². The van der Waals surface area contributed by atoms with Gasteiger partial charge >= 0.3 is 5.97 Å². The van der Waals surface area contributed by atoms with Crippen molar-refractivity contribution in [1.29, 1.82) is 0 Å². The van der Waals surface area contributed by atoms with E-state index in [9.17, 15) is 4.79 Å². The predicted octanol–water partition coefficient (Wildman–Crippen LogP) is 3.39. The van der Waals surface area contributed by atoms with Gasteiger partial charge in [0.1, 0.15) is 0 Å². The van der Waals surface area contributed by atoms with Crippen LogP contribution in [0.2, 0.25) is 5.02 Å². The lowest BCUT2D eigenvalue weighted by atomic mass is 10.2. The molecule has 0 saturated carbocycles. The molecular weight excluding hydrogens is 348 g/mol. The van der Waals surface area contributed by atoms with Crippen LogP contribution in [0.3, 0.4) is 0 Å². The van der Waals surface area contributed by atoms with Gasteiger partial charge in [-0.1, -0.05) is 35.5 Å². The normalized spacial score (nSPS) is 10.6. The topological polar surface area (TPSA) is 69.9 Å². The number of rotatable bonds is 5. The van der Waals surface area contributed by atoms with Crippen molar-refractivity contribution in [1.82, 2.24) is 20.2 Å².